The lowest BCUT2D eigenvalue weighted by Crippen LogP contribution is -2.27. The molecule has 6 rings (SSSR count). The minimum atomic E-state index is -4.38. The van der Waals surface area contributed by atoms with Crippen molar-refractivity contribution in [3.8, 4) is 11.5 Å². The summed E-state index contributed by atoms with van der Waals surface area (Å²) in [6, 6.07) is 22.3. The molecule has 0 fully saturated rings. The minimum absolute atomic E-state index is 0.0537. The molecule has 0 saturated heterocycles. The van der Waals surface area contributed by atoms with Crippen molar-refractivity contribution in [3.05, 3.63) is 114 Å². The van der Waals surface area contributed by atoms with Gasteiger partial charge in [-0.05, 0) is 48.5 Å². The van der Waals surface area contributed by atoms with E-state index in [2.05, 4.69) is 9.97 Å². The van der Waals surface area contributed by atoms with Crippen LogP contribution in [-0.4, -0.2) is 27.1 Å². The van der Waals surface area contributed by atoms with E-state index in [1.54, 1.807) is 24.3 Å². The van der Waals surface area contributed by atoms with Gasteiger partial charge in [0.25, 0.3) is 0 Å². The van der Waals surface area contributed by atoms with Gasteiger partial charge in [-0.25, -0.2) is 4.98 Å². The van der Waals surface area contributed by atoms with E-state index in [9.17, 15) is 26.3 Å². The largest absolute Gasteiger partial charge is 0.526 e. The molecule has 0 atom stereocenters. The third-order valence-electron chi connectivity index (χ3n) is 5.52. The molecule has 0 aliphatic rings. The van der Waals surface area contributed by atoms with Crippen LogP contribution in [0.25, 0.3) is 33.4 Å². The van der Waals surface area contributed by atoms with E-state index in [-0.39, 0.29) is 10.8 Å². The molecule has 14 heteroatoms. The van der Waals surface area contributed by atoms with E-state index in [4.69, 9.17) is 30.5 Å². The number of furan rings is 2. The third kappa shape index (κ3) is 7.90. The Balaban J connectivity index is 0.000000153. The van der Waals surface area contributed by atoms with Crippen LogP contribution in [0.5, 0.6) is 0 Å². The first kappa shape index (κ1) is 30.6. The first-order chi connectivity index (χ1) is 19.8. The molecule has 0 aliphatic heterocycles. The minimum Gasteiger partial charge on any atom is -0.465 e. The summed E-state index contributed by atoms with van der Waals surface area (Å²) < 4.78 is 83.5. The average molecular weight is 607 g/mol. The Kier molecular flexibility index (Phi) is 9.25. The Hall–Kier alpha value is -4.33. The molecule has 6 aromatic rings. The molecular weight excluding hydrogens is 589 g/mol. The van der Waals surface area contributed by atoms with Crippen LogP contribution in [0.15, 0.2) is 106 Å². The fraction of sp³-hybridized carbons (Fsp3) is 0.0714. The number of hydrogen-bond acceptors (Lipinski definition) is 6. The van der Waals surface area contributed by atoms with Crippen LogP contribution >= 0.6 is 11.6 Å². The second kappa shape index (κ2) is 12.7. The molecule has 0 amide bonds. The second-order valence-corrected chi connectivity index (χ2v) is 8.89. The molecule has 0 radical (unpaired) electrons. The predicted octanol–water partition coefficient (Wildman–Crippen LogP) is 7.38. The highest BCUT2D eigenvalue weighted by molar-refractivity contribution is 6.57. The van der Waals surface area contributed by atoms with Crippen LogP contribution < -0.4 is 5.66 Å². The van der Waals surface area contributed by atoms with Gasteiger partial charge in [0.15, 0.2) is 5.76 Å². The lowest BCUT2D eigenvalue weighted by Gasteiger charge is -2.05. The molecule has 0 spiro atoms. The maximum Gasteiger partial charge on any atom is 0.526 e. The van der Waals surface area contributed by atoms with Crippen molar-refractivity contribution < 1.29 is 45.2 Å². The summed E-state index contributed by atoms with van der Waals surface area (Å²) in [5, 5.41) is 19.4. The van der Waals surface area contributed by atoms with Gasteiger partial charge in [0.2, 0.25) is 0 Å². The Morgan fingerprint density at radius 2 is 1.17 bits per heavy atom. The zero-order chi connectivity index (χ0) is 30.5. The van der Waals surface area contributed by atoms with Gasteiger partial charge in [0.1, 0.15) is 27.7 Å². The molecule has 0 aliphatic carbocycles. The smallest absolute Gasteiger partial charge is 0.465 e. The van der Waals surface area contributed by atoms with E-state index in [0.29, 0.717) is 28.8 Å². The summed E-state index contributed by atoms with van der Waals surface area (Å²) in [6.45, 7) is 0. The van der Waals surface area contributed by atoms with Crippen LogP contribution in [-0.2, 0) is 12.4 Å². The summed E-state index contributed by atoms with van der Waals surface area (Å²) in [5.74, 6) is 0.454. The quantitative estimate of drug-likeness (QED) is 0.121. The number of rotatable bonds is 2. The van der Waals surface area contributed by atoms with Gasteiger partial charge in [-0.2, -0.15) is 26.3 Å². The number of aromatic nitrogens is 2. The van der Waals surface area contributed by atoms with Crippen molar-refractivity contribution in [2.45, 2.75) is 12.4 Å². The number of pyridine rings is 2. The van der Waals surface area contributed by atoms with Gasteiger partial charge < -0.3 is 18.9 Å². The molecular formula is C28H18BClF6N2O4. The Bertz CT molecular complexity index is 1690. The van der Waals surface area contributed by atoms with Crippen molar-refractivity contribution in [2.24, 2.45) is 0 Å². The van der Waals surface area contributed by atoms with Crippen LogP contribution in [0, 0.1) is 0 Å². The lowest BCUT2D eigenvalue weighted by atomic mass is 9.88. The van der Waals surface area contributed by atoms with Gasteiger partial charge in [0.05, 0.1) is 11.1 Å². The third-order valence-corrected chi connectivity index (χ3v) is 5.75. The number of benzene rings is 2. The molecule has 4 heterocycles. The summed E-state index contributed by atoms with van der Waals surface area (Å²) in [4.78, 5) is 7.09. The fourth-order valence-electron chi connectivity index (χ4n) is 3.49. The van der Waals surface area contributed by atoms with Crippen LogP contribution in [0.1, 0.15) is 11.1 Å². The van der Waals surface area contributed by atoms with Crippen molar-refractivity contribution in [3.63, 3.8) is 0 Å². The molecule has 42 heavy (non-hydrogen) atoms. The molecule has 0 saturated carbocycles. The maximum atomic E-state index is 12.4. The molecule has 216 valence electrons. The van der Waals surface area contributed by atoms with E-state index in [1.165, 1.54) is 6.07 Å². The zero-order valence-electron chi connectivity index (χ0n) is 21.1. The predicted molar refractivity (Wildman–Crippen MR) is 145 cm³/mol. The highest BCUT2D eigenvalue weighted by atomic mass is 35.5. The maximum absolute atomic E-state index is 12.4. The van der Waals surface area contributed by atoms with Crippen LogP contribution in [0.2, 0.25) is 5.15 Å². The molecule has 6 nitrogen and oxygen atoms in total. The fourth-order valence-corrected chi connectivity index (χ4v) is 3.60. The Morgan fingerprint density at radius 1 is 0.643 bits per heavy atom. The Morgan fingerprint density at radius 3 is 1.62 bits per heavy atom. The molecule has 0 bridgehead atoms. The number of alkyl halides is 6. The topological polar surface area (TPSA) is 92.5 Å². The summed E-state index contributed by atoms with van der Waals surface area (Å²) >= 11 is 5.28. The molecule has 4 aromatic heterocycles. The van der Waals surface area contributed by atoms with E-state index < -0.39 is 30.6 Å². The molecule has 2 aromatic carbocycles. The number of fused-ring (bicyclic) bond motifs is 2. The van der Waals surface area contributed by atoms with E-state index >= 15 is 0 Å². The van der Waals surface area contributed by atoms with Crippen molar-refractivity contribution in [1.29, 1.82) is 0 Å². The number of hydrogen-bond donors (Lipinski definition) is 2. The lowest BCUT2D eigenvalue weighted by molar-refractivity contribution is -0.138. The number of nitrogens with zero attached hydrogens (tertiary/aromatic N) is 2. The van der Waals surface area contributed by atoms with Crippen molar-refractivity contribution in [2.75, 3.05) is 0 Å². The number of para-hydroxylation sites is 2. The van der Waals surface area contributed by atoms with Crippen LogP contribution in [0.3, 0.4) is 0 Å². The monoisotopic (exact) mass is 606 g/mol. The van der Waals surface area contributed by atoms with Gasteiger partial charge >= 0.3 is 19.5 Å². The van der Waals surface area contributed by atoms with Crippen molar-refractivity contribution in [1.82, 2.24) is 9.97 Å². The van der Waals surface area contributed by atoms with Crippen molar-refractivity contribution >= 4 is 46.3 Å². The molecule has 2 N–H and O–H groups in total. The van der Waals surface area contributed by atoms with Gasteiger partial charge in [0, 0.05) is 23.2 Å². The first-order valence-corrected chi connectivity index (χ1v) is 12.2. The van der Waals surface area contributed by atoms with E-state index in [0.717, 1.165) is 35.2 Å². The highest BCUT2D eigenvalue weighted by Gasteiger charge is 2.31. The summed E-state index contributed by atoms with van der Waals surface area (Å²) in [6.07, 6.45) is -7.21. The van der Waals surface area contributed by atoms with Gasteiger partial charge in [-0.3, -0.25) is 4.98 Å². The normalized spacial score (nSPS) is 11.5. The first-order valence-electron chi connectivity index (χ1n) is 11.9. The standard InChI is InChI=1S/C14H8F3NO.C8H7BO3.C6H3ClF3N/c15-14(16,17)10-5-6-11(18-8-10)13-7-9-3-1-2-4-12(9)19-13;10-9(11)8-5-6-3-1-2-4-7(6)12-8;7-5-2-1-4(3-11-5)6(8,9)10/h1-8H;1-5,10-11H;1-3H. The number of halogens is 7. The average Bonchev–Trinajstić information content (AvgIpc) is 3.58. The zero-order valence-corrected chi connectivity index (χ0v) is 21.8. The second-order valence-electron chi connectivity index (χ2n) is 8.51. The summed E-state index contributed by atoms with van der Waals surface area (Å²) in [7, 11) is -1.53. The molecule has 0 unspecified atom stereocenters. The van der Waals surface area contributed by atoms with Gasteiger partial charge in [-0.1, -0.05) is 48.0 Å². The van der Waals surface area contributed by atoms with Gasteiger partial charge in [-0.15, -0.1) is 0 Å². The SMILES string of the molecule is FC(F)(F)c1ccc(-c2cc3ccccc3o2)nc1.FC(F)(F)c1ccc(Cl)nc1.OB(O)c1cc2ccccc2o1. The Labute approximate surface area is 239 Å². The van der Waals surface area contributed by atoms with Crippen LogP contribution in [0.4, 0.5) is 26.3 Å². The summed E-state index contributed by atoms with van der Waals surface area (Å²) in [5.41, 5.74) is 0.342. The highest BCUT2D eigenvalue weighted by Crippen LogP contribution is 2.31. The van der Waals surface area contributed by atoms with E-state index in [1.807, 2.05) is 36.4 Å².